The Morgan fingerprint density at radius 2 is 1.96 bits per heavy atom. The number of sulfonamides is 1. The van der Waals surface area contributed by atoms with Gasteiger partial charge in [-0.05, 0) is 39.0 Å². The van der Waals surface area contributed by atoms with Gasteiger partial charge in [-0.15, -0.1) is 10.2 Å². The maximum atomic E-state index is 12.7. The summed E-state index contributed by atoms with van der Waals surface area (Å²) in [6.07, 6.45) is 1.57. The van der Waals surface area contributed by atoms with Crippen LogP contribution in [-0.2, 0) is 17.1 Å². The van der Waals surface area contributed by atoms with E-state index in [0.717, 1.165) is 0 Å². The molecule has 0 radical (unpaired) electrons. The number of aromatic nitrogens is 4. The maximum absolute atomic E-state index is 12.7. The highest BCUT2D eigenvalue weighted by atomic mass is 32.2. The van der Waals surface area contributed by atoms with Crippen LogP contribution in [0.15, 0.2) is 38.6 Å². The molecule has 3 rings (SSSR count). The third-order valence-electron chi connectivity index (χ3n) is 3.95. The van der Waals surface area contributed by atoms with Crippen LogP contribution in [-0.4, -0.2) is 27.7 Å². The minimum atomic E-state index is -3.82. The first-order valence-corrected chi connectivity index (χ1v) is 9.20. The molecular formula is C15H19N5O4S. The third kappa shape index (κ3) is 3.10. The van der Waals surface area contributed by atoms with Crippen LogP contribution in [0.3, 0.4) is 0 Å². The zero-order valence-electron chi connectivity index (χ0n) is 14.3. The highest BCUT2D eigenvalue weighted by Gasteiger charge is 2.23. The van der Waals surface area contributed by atoms with E-state index in [9.17, 15) is 13.2 Å². The smallest absolute Gasteiger partial charge is 0.408 e. The van der Waals surface area contributed by atoms with Gasteiger partial charge in [0.25, 0.3) is 0 Å². The van der Waals surface area contributed by atoms with Gasteiger partial charge in [0.1, 0.15) is 6.33 Å². The fraction of sp³-hybridized carbons (Fsp3) is 0.400. The molecule has 0 fully saturated rings. The van der Waals surface area contributed by atoms with E-state index >= 15 is 0 Å². The molecule has 134 valence electrons. The van der Waals surface area contributed by atoms with Gasteiger partial charge < -0.3 is 8.98 Å². The van der Waals surface area contributed by atoms with Crippen molar-refractivity contribution in [1.29, 1.82) is 0 Å². The fourth-order valence-electron chi connectivity index (χ4n) is 2.59. The number of hydrogen-bond acceptors (Lipinski definition) is 6. The van der Waals surface area contributed by atoms with Crippen LogP contribution in [0, 0.1) is 0 Å². The second-order valence-electron chi connectivity index (χ2n) is 6.09. The van der Waals surface area contributed by atoms with Gasteiger partial charge in [-0.3, -0.25) is 4.57 Å². The van der Waals surface area contributed by atoms with Crippen LogP contribution in [0.4, 0.5) is 0 Å². The second-order valence-corrected chi connectivity index (χ2v) is 7.80. The van der Waals surface area contributed by atoms with Gasteiger partial charge in [0.05, 0.1) is 16.5 Å². The van der Waals surface area contributed by atoms with E-state index in [4.69, 9.17) is 4.42 Å². The van der Waals surface area contributed by atoms with E-state index in [1.807, 2.05) is 13.8 Å². The first-order chi connectivity index (χ1) is 11.7. The van der Waals surface area contributed by atoms with Gasteiger partial charge in [-0.2, -0.15) is 0 Å². The highest BCUT2D eigenvalue weighted by Crippen LogP contribution is 2.21. The molecule has 2 heterocycles. The standard InChI is InChI=1S/C15H19N5O4S/c1-9(2)20-8-16-17-14(20)10(3)18-25(22,23)11-5-6-13-12(7-11)19(4)15(21)24-13/h5-10,18H,1-4H3/t10-/m1/s1. The van der Waals surface area contributed by atoms with E-state index in [-0.39, 0.29) is 10.9 Å². The molecule has 25 heavy (non-hydrogen) atoms. The largest absolute Gasteiger partial charge is 0.419 e. The Hall–Kier alpha value is -2.46. The SMILES string of the molecule is CC(C)n1cnnc1[C@@H](C)NS(=O)(=O)c1ccc2oc(=O)n(C)c2c1. The topological polar surface area (TPSA) is 112 Å². The van der Waals surface area contributed by atoms with Crippen molar-refractivity contribution < 1.29 is 12.8 Å². The van der Waals surface area contributed by atoms with Gasteiger partial charge in [-0.25, -0.2) is 17.9 Å². The number of oxazole rings is 1. The summed E-state index contributed by atoms with van der Waals surface area (Å²) in [6.45, 7) is 5.62. The molecule has 9 nitrogen and oxygen atoms in total. The second kappa shape index (κ2) is 6.12. The van der Waals surface area contributed by atoms with Crippen molar-refractivity contribution in [2.24, 2.45) is 7.05 Å². The number of nitrogens with zero attached hydrogens (tertiary/aromatic N) is 4. The van der Waals surface area contributed by atoms with Crippen LogP contribution in [0.5, 0.6) is 0 Å². The van der Waals surface area contributed by atoms with E-state index in [0.29, 0.717) is 16.9 Å². The van der Waals surface area contributed by atoms with Crippen LogP contribution < -0.4 is 10.5 Å². The Morgan fingerprint density at radius 3 is 2.64 bits per heavy atom. The molecule has 10 heteroatoms. The monoisotopic (exact) mass is 365 g/mol. The molecular weight excluding hydrogens is 346 g/mol. The highest BCUT2D eigenvalue weighted by molar-refractivity contribution is 7.89. The molecule has 0 saturated heterocycles. The fourth-order valence-corrected chi connectivity index (χ4v) is 3.81. The van der Waals surface area contributed by atoms with Crippen LogP contribution in [0.25, 0.3) is 11.1 Å². The number of aryl methyl sites for hydroxylation is 1. The summed E-state index contributed by atoms with van der Waals surface area (Å²) in [5.74, 6) is -0.0220. The number of benzene rings is 1. The zero-order chi connectivity index (χ0) is 18.4. The Labute approximate surface area is 144 Å². The molecule has 1 atom stereocenters. The van der Waals surface area contributed by atoms with Crippen molar-refractivity contribution in [1.82, 2.24) is 24.1 Å². The average molecular weight is 365 g/mol. The minimum Gasteiger partial charge on any atom is -0.408 e. The Balaban J connectivity index is 1.95. The lowest BCUT2D eigenvalue weighted by Crippen LogP contribution is -2.29. The van der Waals surface area contributed by atoms with Gasteiger partial charge in [0, 0.05) is 13.1 Å². The lowest BCUT2D eigenvalue weighted by atomic mass is 10.3. The summed E-state index contributed by atoms with van der Waals surface area (Å²) < 4.78 is 36.1. The Bertz CT molecular complexity index is 1080. The predicted molar refractivity (Wildman–Crippen MR) is 90.6 cm³/mol. The summed E-state index contributed by atoms with van der Waals surface area (Å²) in [5, 5.41) is 7.86. The van der Waals surface area contributed by atoms with Gasteiger partial charge in [0.15, 0.2) is 11.4 Å². The minimum absolute atomic E-state index is 0.0406. The lowest BCUT2D eigenvalue weighted by Gasteiger charge is -2.17. The lowest BCUT2D eigenvalue weighted by molar-refractivity contribution is 0.514. The zero-order valence-corrected chi connectivity index (χ0v) is 15.1. The van der Waals surface area contributed by atoms with E-state index < -0.39 is 21.8 Å². The molecule has 1 aromatic carbocycles. The van der Waals surface area contributed by atoms with Crippen LogP contribution in [0.1, 0.15) is 38.7 Å². The third-order valence-corrected chi connectivity index (χ3v) is 5.49. The van der Waals surface area contributed by atoms with Crippen molar-refractivity contribution in [3.05, 3.63) is 40.9 Å². The molecule has 1 N–H and O–H groups in total. The number of rotatable bonds is 5. The first-order valence-electron chi connectivity index (χ1n) is 7.72. The molecule has 0 aliphatic carbocycles. The van der Waals surface area contributed by atoms with Gasteiger partial charge >= 0.3 is 5.76 Å². The van der Waals surface area contributed by atoms with Crippen LogP contribution >= 0.6 is 0 Å². The number of hydrogen-bond donors (Lipinski definition) is 1. The summed E-state index contributed by atoms with van der Waals surface area (Å²) in [4.78, 5) is 11.6. The number of fused-ring (bicyclic) bond motifs is 1. The summed E-state index contributed by atoms with van der Waals surface area (Å²) in [7, 11) is -2.30. The van der Waals surface area contributed by atoms with Crippen molar-refractivity contribution in [2.75, 3.05) is 0 Å². The van der Waals surface area contributed by atoms with Gasteiger partial charge in [0.2, 0.25) is 10.0 Å². The average Bonchev–Trinajstić information content (AvgIpc) is 3.13. The van der Waals surface area contributed by atoms with E-state index in [2.05, 4.69) is 14.9 Å². The molecule has 0 amide bonds. The summed E-state index contributed by atoms with van der Waals surface area (Å²) in [5.41, 5.74) is 0.741. The number of nitrogens with one attached hydrogen (secondary N) is 1. The van der Waals surface area contributed by atoms with Crippen LogP contribution in [0.2, 0.25) is 0 Å². The first kappa shape index (κ1) is 17.4. The summed E-state index contributed by atoms with van der Waals surface area (Å²) in [6, 6.07) is 3.80. The molecule has 0 unspecified atom stereocenters. The molecule has 2 aromatic heterocycles. The Kier molecular flexibility index (Phi) is 4.25. The van der Waals surface area contributed by atoms with Crippen molar-refractivity contribution >= 4 is 21.1 Å². The quantitative estimate of drug-likeness (QED) is 0.730. The molecule has 0 bridgehead atoms. The van der Waals surface area contributed by atoms with E-state index in [1.165, 1.54) is 29.8 Å². The van der Waals surface area contributed by atoms with Crippen molar-refractivity contribution in [3.63, 3.8) is 0 Å². The molecule has 0 aliphatic heterocycles. The van der Waals surface area contributed by atoms with E-state index in [1.54, 1.807) is 17.8 Å². The van der Waals surface area contributed by atoms with Crippen molar-refractivity contribution in [3.8, 4) is 0 Å². The maximum Gasteiger partial charge on any atom is 0.419 e. The molecule has 0 aliphatic rings. The molecule has 3 aromatic rings. The Morgan fingerprint density at radius 1 is 1.24 bits per heavy atom. The predicted octanol–water partition coefficient (Wildman–Crippen LogP) is 1.34. The van der Waals surface area contributed by atoms with Gasteiger partial charge in [-0.1, -0.05) is 0 Å². The molecule has 0 saturated carbocycles. The normalized spacial score (nSPS) is 13.6. The molecule has 0 spiro atoms. The van der Waals surface area contributed by atoms with Crippen molar-refractivity contribution in [2.45, 2.75) is 37.8 Å². The summed E-state index contributed by atoms with van der Waals surface area (Å²) >= 11 is 0.